The van der Waals surface area contributed by atoms with E-state index >= 15 is 0 Å². The fourth-order valence-corrected chi connectivity index (χ4v) is 2.62. The molecule has 0 radical (unpaired) electrons. The van der Waals surface area contributed by atoms with Crippen LogP contribution in [0.5, 0.6) is 5.75 Å². The van der Waals surface area contributed by atoms with Crippen LogP contribution in [-0.2, 0) is 19.1 Å². The van der Waals surface area contributed by atoms with Crippen LogP contribution in [0.2, 0.25) is 0 Å². The van der Waals surface area contributed by atoms with Gasteiger partial charge < -0.3 is 9.30 Å². The second-order valence-electron chi connectivity index (χ2n) is 6.88. The summed E-state index contributed by atoms with van der Waals surface area (Å²) in [5, 5.41) is 1.21. The van der Waals surface area contributed by atoms with E-state index in [1.165, 1.54) is 22.0 Å². The van der Waals surface area contributed by atoms with Crippen LogP contribution in [0, 0.1) is 0 Å². The van der Waals surface area contributed by atoms with Gasteiger partial charge in [-0.15, -0.1) is 0 Å². The minimum Gasteiger partial charge on any atom is -0.489 e. The summed E-state index contributed by atoms with van der Waals surface area (Å²) >= 11 is 0. The number of hydrogen-bond donors (Lipinski definition) is 0. The molecule has 2 nitrogen and oxygen atoms in total. The number of rotatable bonds is 3. The van der Waals surface area contributed by atoms with E-state index in [-0.39, 0.29) is 5.41 Å². The van der Waals surface area contributed by atoms with Gasteiger partial charge in [-0.2, -0.15) is 0 Å². The number of aryl methyl sites for hydroxylation is 1. The number of benzene rings is 2. The second kappa shape index (κ2) is 5.53. The van der Waals surface area contributed by atoms with Gasteiger partial charge in [-0.1, -0.05) is 45.0 Å². The zero-order valence-corrected chi connectivity index (χ0v) is 13.8. The highest BCUT2D eigenvalue weighted by Crippen LogP contribution is 2.24. The molecule has 0 atom stereocenters. The number of fused-ring (bicyclic) bond motifs is 1. The minimum atomic E-state index is 0.192. The third-order valence-corrected chi connectivity index (χ3v) is 4.08. The molecule has 0 spiro atoms. The van der Waals surface area contributed by atoms with Crippen molar-refractivity contribution in [1.29, 1.82) is 0 Å². The zero-order valence-electron chi connectivity index (χ0n) is 13.8. The lowest BCUT2D eigenvalue weighted by atomic mass is 9.87. The fraction of sp³-hybridized carbons (Fsp3) is 0.300. The van der Waals surface area contributed by atoms with E-state index in [9.17, 15) is 0 Å². The second-order valence-corrected chi connectivity index (χ2v) is 6.88. The largest absolute Gasteiger partial charge is 0.489 e. The molecule has 3 aromatic rings. The van der Waals surface area contributed by atoms with Gasteiger partial charge in [0.25, 0.3) is 0 Å². The van der Waals surface area contributed by atoms with Crippen molar-refractivity contribution in [3.05, 3.63) is 65.9 Å². The molecule has 0 aliphatic rings. The summed E-state index contributed by atoms with van der Waals surface area (Å²) in [5.74, 6) is 0.915. The molecule has 3 rings (SSSR count). The Morgan fingerprint density at radius 3 is 2.36 bits per heavy atom. The summed E-state index contributed by atoms with van der Waals surface area (Å²) in [4.78, 5) is 0. The normalized spacial score (nSPS) is 11.8. The molecule has 0 amide bonds. The number of ether oxygens (including phenoxy) is 1. The van der Waals surface area contributed by atoms with Gasteiger partial charge in [0.2, 0.25) is 0 Å². The predicted octanol–water partition coefficient (Wildman–Crippen LogP) is 5.05. The molecule has 0 aliphatic carbocycles. The standard InChI is InChI=1S/C20H23NO/c1-20(2,3)17-7-5-15(6-8-17)14-22-18-9-10-19-16(13-18)11-12-21(19)4/h5-13H,14H2,1-4H3. The van der Waals surface area contributed by atoms with Crippen molar-refractivity contribution in [2.45, 2.75) is 32.8 Å². The predicted molar refractivity (Wildman–Crippen MR) is 92.4 cm³/mol. The Morgan fingerprint density at radius 1 is 0.955 bits per heavy atom. The number of aromatic nitrogens is 1. The Morgan fingerprint density at radius 2 is 1.68 bits per heavy atom. The maximum absolute atomic E-state index is 5.93. The Labute approximate surface area is 132 Å². The molecule has 2 heteroatoms. The van der Waals surface area contributed by atoms with Gasteiger partial charge in [-0.3, -0.25) is 0 Å². The highest BCUT2D eigenvalue weighted by atomic mass is 16.5. The van der Waals surface area contributed by atoms with Crippen LogP contribution in [0.15, 0.2) is 54.7 Å². The Bertz CT molecular complexity index is 776. The van der Waals surface area contributed by atoms with Crippen molar-refractivity contribution < 1.29 is 4.74 Å². The molecule has 0 unspecified atom stereocenters. The summed E-state index contributed by atoms with van der Waals surface area (Å²) in [7, 11) is 2.06. The van der Waals surface area contributed by atoms with Crippen molar-refractivity contribution >= 4 is 10.9 Å². The summed E-state index contributed by atoms with van der Waals surface area (Å²) < 4.78 is 8.04. The first-order chi connectivity index (χ1) is 10.4. The molecule has 1 aromatic heterocycles. The lowest BCUT2D eigenvalue weighted by molar-refractivity contribution is 0.306. The number of hydrogen-bond acceptors (Lipinski definition) is 1. The van der Waals surface area contributed by atoms with Crippen molar-refractivity contribution in [2.75, 3.05) is 0 Å². The zero-order chi connectivity index (χ0) is 15.7. The van der Waals surface area contributed by atoms with Gasteiger partial charge in [0.1, 0.15) is 12.4 Å². The Kier molecular flexibility index (Phi) is 3.69. The van der Waals surface area contributed by atoms with Crippen molar-refractivity contribution in [2.24, 2.45) is 7.05 Å². The third kappa shape index (κ3) is 3.01. The molecule has 0 fully saturated rings. The Balaban J connectivity index is 1.70. The van der Waals surface area contributed by atoms with Crippen LogP contribution in [0.1, 0.15) is 31.9 Å². The first kappa shape index (κ1) is 14.7. The molecule has 0 bridgehead atoms. The van der Waals surface area contributed by atoms with E-state index < -0.39 is 0 Å². The van der Waals surface area contributed by atoms with E-state index in [4.69, 9.17) is 4.74 Å². The molecule has 114 valence electrons. The van der Waals surface area contributed by atoms with Gasteiger partial charge in [-0.25, -0.2) is 0 Å². The first-order valence-corrected chi connectivity index (χ1v) is 7.71. The SMILES string of the molecule is Cn1ccc2cc(OCc3ccc(C(C)(C)C)cc3)ccc21. The monoisotopic (exact) mass is 293 g/mol. The van der Waals surface area contributed by atoms with Gasteiger partial charge in [-0.05, 0) is 40.8 Å². The van der Waals surface area contributed by atoms with Crippen molar-refractivity contribution in [3.8, 4) is 5.75 Å². The van der Waals surface area contributed by atoms with Crippen LogP contribution in [0.3, 0.4) is 0 Å². The summed E-state index contributed by atoms with van der Waals surface area (Å²) in [6.07, 6.45) is 2.07. The average Bonchev–Trinajstić information content (AvgIpc) is 2.86. The van der Waals surface area contributed by atoms with Crippen LogP contribution in [-0.4, -0.2) is 4.57 Å². The number of nitrogens with zero attached hydrogens (tertiary/aromatic N) is 1. The van der Waals surface area contributed by atoms with Crippen LogP contribution in [0.4, 0.5) is 0 Å². The summed E-state index contributed by atoms with van der Waals surface area (Å²) in [6, 6.07) is 17.0. The van der Waals surface area contributed by atoms with Crippen LogP contribution >= 0.6 is 0 Å². The molecule has 0 N–H and O–H groups in total. The Hall–Kier alpha value is -2.22. The lowest BCUT2D eigenvalue weighted by Gasteiger charge is -2.19. The highest BCUT2D eigenvalue weighted by Gasteiger charge is 2.12. The molecule has 0 saturated heterocycles. The lowest BCUT2D eigenvalue weighted by Crippen LogP contribution is -2.10. The van der Waals surface area contributed by atoms with Crippen molar-refractivity contribution in [3.63, 3.8) is 0 Å². The minimum absolute atomic E-state index is 0.192. The van der Waals surface area contributed by atoms with Gasteiger partial charge in [0, 0.05) is 24.1 Å². The quantitative estimate of drug-likeness (QED) is 0.658. The summed E-state index contributed by atoms with van der Waals surface area (Å²) in [5.41, 5.74) is 3.96. The molecule has 22 heavy (non-hydrogen) atoms. The van der Waals surface area contributed by atoms with Gasteiger partial charge in [0.05, 0.1) is 0 Å². The smallest absolute Gasteiger partial charge is 0.120 e. The highest BCUT2D eigenvalue weighted by molar-refractivity contribution is 5.81. The van der Waals surface area contributed by atoms with Crippen molar-refractivity contribution in [1.82, 2.24) is 4.57 Å². The van der Waals surface area contributed by atoms with E-state index in [1.807, 2.05) is 6.07 Å². The molecule has 0 saturated carbocycles. The van der Waals surface area contributed by atoms with E-state index in [2.05, 4.69) is 81.0 Å². The van der Waals surface area contributed by atoms with Gasteiger partial charge >= 0.3 is 0 Å². The average molecular weight is 293 g/mol. The molecule has 1 heterocycles. The molecular formula is C20H23NO. The molecule has 2 aromatic carbocycles. The van der Waals surface area contributed by atoms with Crippen LogP contribution < -0.4 is 4.74 Å². The maximum Gasteiger partial charge on any atom is 0.120 e. The van der Waals surface area contributed by atoms with E-state index in [0.29, 0.717) is 6.61 Å². The summed E-state index contributed by atoms with van der Waals surface area (Å²) in [6.45, 7) is 7.29. The van der Waals surface area contributed by atoms with Gasteiger partial charge in [0.15, 0.2) is 0 Å². The van der Waals surface area contributed by atoms with Crippen LogP contribution in [0.25, 0.3) is 10.9 Å². The maximum atomic E-state index is 5.93. The topological polar surface area (TPSA) is 14.2 Å². The van der Waals surface area contributed by atoms with E-state index in [0.717, 1.165) is 5.75 Å². The molecule has 0 aliphatic heterocycles. The molecular weight excluding hydrogens is 270 g/mol. The van der Waals surface area contributed by atoms with E-state index in [1.54, 1.807) is 0 Å². The first-order valence-electron chi connectivity index (χ1n) is 7.71. The third-order valence-electron chi connectivity index (χ3n) is 4.08. The fourth-order valence-electron chi connectivity index (χ4n) is 2.62.